The Balaban J connectivity index is 1.73. The van der Waals surface area contributed by atoms with E-state index in [1.54, 1.807) is 53.4 Å². The van der Waals surface area contributed by atoms with Crippen LogP contribution in [0.4, 0.5) is 4.39 Å². The van der Waals surface area contributed by atoms with Crippen molar-refractivity contribution in [1.29, 1.82) is 5.26 Å². The molecule has 0 radical (unpaired) electrons. The Morgan fingerprint density at radius 2 is 1.66 bits per heavy atom. The maximum atomic E-state index is 13.3. The second kappa shape index (κ2) is 11.1. The van der Waals surface area contributed by atoms with Gasteiger partial charge in [0.25, 0.3) is 5.91 Å². The fourth-order valence-corrected chi connectivity index (χ4v) is 3.13. The van der Waals surface area contributed by atoms with Crippen LogP contribution in [-0.2, 0) is 13.2 Å². The lowest BCUT2D eigenvalue weighted by atomic mass is 10.1. The van der Waals surface area contributed by atoms with Crippen molar-refractivity contribution in [2.24, 2.45) is 0 Å². The van der Waals surface area contributed by atoms with Gasteiger partial charge in [0.1, 0.15) is 18.2 Å². The number of rotatable bonds is 9. The van der Waals surface area contributed by atoms with Crippen molar-refractivity contribution in [2.45, 2.75) is 13.2 Å². The normalized spacial score (nSPS) is 10.6. The monoisotopic (exact) mass is 431 g/mol. The summed E-state index contributed by atoms with van der Waals surface area (Å²) < 4.78 is 18.9. The number of hydrogen-bond donors (Lipinski definition) is 0. The SMILES string of the molecule is CN(C)CCN(Cc1ccc(C#N)cc1)C(=O)c1cccc(OCc2ccc(F)cc2)c1. The van der Waals surface area contributed by atoms with Crippen LogP contribution in [0.1, 0.15) is 27.0 Å². The van der Waals surface area contributed by atoms with Gasteiger partial charge in [-0.25, -0.2) is 4.39 Å². The van der Waals surface area contributed by atoms with Gasteiger partial charge in [-0.3, -0.25) is 4.79 Å². The molecule has 0 saturated carbocycles. The Labute approximate surface area is 188 Å². The topological polar surface area (TPSA) is 56.6 Å². The first-order valence-corrected chi connectivity index (χ1v) is 10.3. The minimum Gasteiger partial charge on any atom is -0.489 e. The van der Waals surface area contributed by atoms with Crippen molar-refractivity contribution >= 4 is 5.91 Å². The Morgan fingerprint density at radius 1 is 0.969 bits per heavy atom. The quantitative estimate of drug-likeness (QED) is 0.501. The van der Waals surface area contributed by atoms with E-state index < -0.39 is 0 Å². The van der Waals surface area contributed by atoms with Crippen LogP contribution in [0, 0.1) is 17.1 Å². The first-order chi connectivity index (χ1) is 15.4. The number of benzene rings is 3. The van der Waals surface area contributed by atoms with E-state index in [9.17, 15) is 9.18 Å². The van der Waals surface area contributed by atoms with Gasteiger partial charge in [-0.2, -0.15) is 5.26 Å². The summed E-state index contributed by atoms with van der Waals surface area (Å²) in [5.74, 6) is 0.191. The number of halogens is 1. The fourth-order valence-electron chi connectivity index (χ4n) is 3.13. The third-order valence-electron chi connectivity index (χ3n) is 4.96. The van der Waals surface area contributed by atoms with Crippen LogP contribution < -0.4 is 4.74 Å². The molecule has 0 unspecified atom stereocenters. The second-order valence-electron chi connectivity index (χ2n) is 7.78. The summed E-state index contributed by atoms with van der Waals surface area (Å²) >= 11 is 0. The average molecular weight is 432 g/mol. The molecule has 3 aromatic rings. The van der Waals surface area contributed by atoms with E-state index in [1.165, 1.54) is 12.1 Å². The van der Waals surface area contributed by atoms with Crippen LogP contribution in [0.25, 0.3) is 0 Å². The van der Waals surface area contributed by atoms with Crippen molar-refractivity contribution in [1.82, 2.24) is 9.80 Å². The standard InChI is InChI=1S/C26H26FN3O2/c1-29(2)14-15-30(18-21-8-6-20(17-28)7-9-21)26(31)23-4-3-5-25(16-23)32-19-22-10-12-24(27)13-11-22/h3-13,16H,14-15,18-19H2,1-2H3. The minimum absolute atomic E-state index is 0.0940. The first-order valence-electron chi connectivity index (χ1n) is 10.3. The van der Waals surface area contributed by atoms with Gasteiger partial charge in [-0.15, -0.1) is 0 Å². The number of hydrogen-bond acceptors (Lipinski definition) is 4. The van der Waals surface area contributed by atoms with Crippen LogP contribution in [-0.4, -0.2) is 42.9 Å². The van der Waals surface area contributed by atoms with E-state index in [0.29, 0.717) is 30.0 Å². The summed E-state index contributed by atoms with van der Waals surface area (Å²) in [4.78, 5) is 17.1. The molecular weight excluding hydrogens is 405 g/mol. The van der Waals surface area contributed by atoms with Crippen LogP contribution >= 0.6 is 0 Å². The lowest BCUT2D eigenvalue weighted by molar-refractivity contribution is 0.0731. The fraction of sp³-hybridized carbons (Fsp3) is 0.231. The molecule has 3 rings (SSSR count). The van der Waals surface area contributed by atoms with Crippen LogP contribution in [0.5, 0.6) is 5.75 Å². The molecule has 0 saturated heterocycles. The number of carbonyl (C=O) groups is 1. The summed E-state index contributed by atoms with van der Waals surface area (Å²) in [7, 11) is 3.93. The molecule has 0 bridgehead atoms. The summed E-state index contributed by atoms with van der Waals surface area (Å²) in [5, 5.41) is 9.00. The van der Waals surface area contributed by atoms with Gasteiger partial charge in [0.05, 0.1) is 11.6 Å². The molecule has 0 atom stereocenters. The molecule has 1 amide bonds. The van der Waals surface area contributed by atoms with Gasteiger partial charge < -0.3 is 14.5 Å². The summed E-state index contributed by atoms with van der Waals surface area (Å²) in [6.07, 6.45) is 0. The maximum Gasteiger partial charge on any atom is 0.254 e. The zero-order chi connectivity index (χ0) is 22.9. The third kappa shape index (κ3) is 6.66. The largest absolute Gasteiger partial charge is 0.489 e. The molecule has 164 valence electrons. The van der Waals surface area contributed by atoms with Crippen molar-refractivity contribution < 1.29 is 13.9 Å². The van der Waals surface area contributed by atoms with E-state index >= 15 is 0 Å². The first kappa shape index (κ1) is 23.0. The molecule has 0 aliphatic rings. The number of likely N-dealkylation sites (N-methyl/N-ethyl adjacent to an activating group) is 1. The highest BCUT2D eigenvalue weighted by Gasteiger charge is 2.17. The minimum atomic E-state index is -0.290. The zero-order valence-electron chi connectivity index (χ0n) is 18.3. The predicted molar refractivity (Wildman–Crippen MR) is 122 cm³/mol. The molecule has 5 nitrogen and oxygen atoms in total. The maximum absolute atomic E-state index is 13.3. The Morgan fingerprint density at radius 3 is 2.31 bits per heavy atom. The lowest BCUT2D eigenvalue weighted by Gasteiger charge is -2.25. The number of amides is 1. The van der Waals surface area contributed by atoms with Crippen molar-refractivity contribution in [3.63, 3.8) is 0 Å². The van der Waals surface area contributed by atoms with E-state index in [-0.39, 0.29) is 18.3 Å². The van der Waals surface area contributed by atoms with Gasteiger partial charge in [-0.05, 0) is 67.7 Å². The molecule has 6 heteroatoms. The number of carbonyl (C=O) groups excluding carboxylic acids is 1. The molecular formula is C26H26FN3O2. The number of nitriles is 1. The van der Waals surface area contributed by atoms with E-state index in [0.717, 1.165) is 17.7 Å². The van der Waals surface area contributed by atoms with Crippen LogP contribution in [0.3, 0.4) is 0 Å². The molecule has 3 aromatic carbocycles. The summed E-state index contributed by atoms with van der Waals surface area (Å²) in [6, 6.07) is 22.6. The molecule has 0 fully saturated rings. The molecule has 0 heterocycles. The Bertz CT molecular complexity index is 1070. The third-order valence-corrected chi connectivity index (χ3v) is 4.96. The van der Waals surface area contributed by atoms with Crippen LogP contribution in [0.2, 0.25) is 0 Å². The van der Waals surface area contributed by atoms with Crippen molar-refractivity contribution in [2.75, 3.05) is 27.2 Å². The Hall–Kier alpha value is -3.69. The molecule has 0 N–H and O–H groups in total. The average Bonchev–Trinajstić information content (AvgIpc) is 2.81. The van der Waals surface area contributed by atoms with Gasteiger partial charge in [-0.1, -0.05) is 30.3 Å². The molecule has 0 aliphatic carbocycles. The van der Waals surface area contributed by atoms with E-state index in [1.807, 2.05) is 31.1 Å². The van der Waals surface area contributed by atoms with Crippen LogP contribution in [0.15, 0.2) is 72.8 Å². The number of ether oxygens (including phenoxy) is 1. The predicted octanol–water partition coefficient (Wildman–Crippen LogP) is 4.48. The van der Waals surface area contributed by atoms with E-state index in [2.05, 4.69) is 6.07 Å². The Kier molecular flexibility index (Phi) is 7.96. The summed E-state index contributed by atoms with van der Waals surface area (Å²) in [5.41, 5.74) is 2.93. The van der Waals surface area contributed by atoms with E-state index in [4.69, 9.17) is 10.00 Å². The smallest absolute Gasteiger partial charge is 0.254 e. The highest BCUT2D eigenvalue weighted by molar-refractivity contribution is 5.94. The second-order valence-corrected chi connectivity index (χ2v) is 7.78. The molecule has 0 spiro atoms. The lowest BCUT2D eigenvalue weighted by Crippen LogP contribution is -2.36. The van der Waals surface area contributed by atoms with Gasteiger partial charge in [0.15, 0.2) is 0 Å². The van der Waals surface area contributed by atoms with Gasteiger partial charge in [0, 0.05) is 25.2 Å². The highest BCUT2D eigenvalue weighted by atomic mass is 19.1. The van der Waals surface area contributed by atoms with Crippen molar-refractivity contribution in [3.8, 4) is 11.8 Å². The molecule has 0 aromatic heterocycles. The highest BCUT2D eigenvalue weighted by Crippen LogP contribution is 2.18. The summed E-state index contributed by atoms with van der Waals surface area (Å²) in [6.45, 7) is 2.02. The number of nitrogens with zero attached hydrogens (tertiary/aromatic N) is 3. The van der Waals surface area contributed by atoms with Gasteiger partial charge in [0.2, 0.25) is 0 Å². The van der Waals surface area contributed by atoms with Gasteiger partial charge >= 0.3 is 0 Å². The molecule has 0 aliphatic heterocycles. The molecule has 32 heavy (non-hydrogen) atoms. The zero-order valence-corrected chi connectivity index (χ0v) is 18.3. The van der Waals surface area contributed by atoms with Crippen molar-refractivity contribution in [3.05, 3.63) is 101 Å².